The first-order valence-electron chi connectivity index (χ1n) is 21.4. The van der Waals surface area contributed by atoms with Gasteiger partial charge in [-0.05, 0) is 69.0 Å². The van der Waals surface area contributed by atoms with Crippen molar-refractivity contribution in [3.8, 4) is 61.7 Å². The number of imidazole rings is 1. The zero-order chi connectivity index (χ0) is 42.6. The first kappa shape index (κ1) is 43.0. The van der Waals surface area contributed by atoms with Crippen LogP contribution in [0.1, 0.15) is 45.7 Å². The molecule has 63 heavy (non-hydrogen) atoms. The number of pyridine rings is 1. The molecule has 0 aliphatic heterocycles. The Balaban J connectivity index is 0.000000219. The quantitative estimate of drug-likeness (QED) is 0.143. The number of para-hydroxylation sites is 3. The Bertz CT molecular complexity index is 3030. The van der Waals surface area contributed by atoms with E-state index < -0.39 is 0 Å². The molecule has 5 heteroatoms. The van der Waals surface area contributed by atoms with Gasteiger partial charge in [0.25, 0.3) is 0 Å². The number of furan rings is 1. The summed E-state index contributed by atoms with van der Waals surface area (Å²) in [5, 5.41) is 0.977. The summed E-state index contributed by atoms with van der Waals surface area (Å²) in [5.41, 5.74) is 16.4. The molecule has 0 fully saturated rings. The minimum Gasteiger partial charge on any atom is -0.557 e. The molecule has 0 unspecified atom stereocenters. The van der Waals surface area contributed by atoms with E-state index in [0.29, 0.717) is 5.92 Å². The standard InChI is InChI=1S/C39H25N2O.C19H24N.Ir/c1-4-13-27(14-5-1)30-23-24-33-34(26-42-37(33)25-30)39-40-35-21-10-11-22-36(35)41(39)38-31(28-15-6-2-7-16-28)19-12-20-32(38)29-17-8-3-9-18-29;1-14(2)11-16-12-18(15-9-7-6-8-10-15)20-13-17(16)19(3,4)5;/h1-25H;6-9,12-14H,11H2,1-5H3;/q2*-1;. The number of rotatable bonds is 8. The van der Waals surface area contributed by atoms with Gasteiger partial charge in [-0.2, -0.15) is 0 Å². The van der Waals surface area contributed by atoms with Crippen LogP contribution in [-0.4, -0.2) is 14.5 Å². The molecule has 0 saturated heterocycles. The van der Waals surface area contributed by atoms with E-state index in [4.69, 9.17) is 9.40 Å². The largest absolute Gasteiger partial charge is 0.557 e. The van der Waals surface area contributed by atoms with E-state index in [9.17, 15) is 0 Å². The summed E-state index contributed by atoms with van der Waals surface area (Å²) in [6.45, 7) is 11.3. The molecule has 10 aromatic rings. The van der Waals surface area contributed by atoms with Crippen LogP contribution in [0.4, 0.5) is 0 Å². The first-order chi connectivity index (χ1) is 30.2. The molecular formula is C58H49IrN3O-2. The minimum atomic E-state index is 0. The van der Waals surface area contributed by atoms with Crippen molar-refractivity contribution in [1.82, 2.24) is 14.5 Å². The molecule has 313 valence electrons. The van der Waals surface area contributed by atoms with Crippen molar-refractivity contribution in [2.24, 2.45) is 5.92 Å². The van der Waals surface area contributed by atoms with Crippen LogP contribution in [-0.2, 0) is 31.9 Å². The van der Waals surface area contributed by atoms with Crippen LogP contribution >= 0.6 is 0 Å². The molecule has 3 heterocycles. The number of nitrogens with zero attached hydrogens (tertiary/aromatic N) is 3. The molecule has 0 aliphatic carbocycles. The van der Waals surface area contributed by atoms with Crippen molar-refractivity contribution in [3.05, 3.63) is 212 Å². The van der Waals surface area contributed by atoms with Gasteiger partial charge in [-0.25, -0.2) is 0 Å². The summed E-state index contributed by atoms with van der Waals surface area (Å²) in [5.74, 6) is 1.44. The molecule has 0 aliphatic rings. The van der Waals surface area contributed by atoms with Gasteiger partial charge in [0.05, 0.1) is 22.5 Å². The summed E-state index contributed by atoms with van der Waals surface area (Å²) >= 11 is 0. The average molecular weight is 996 g/mol. The van der Waals surface area contributed by atoms with Crippen LogP contribution in [0.2, 0.25) is 0 Å². The van der Waals surface area contributed by atoms with Crippen LogP contribution in [0.15, 0.2) is 193 Å². The molecule has 3 aromatic heterocycles. The number of benzene rings is 7. The van der Waals surface area contributed by atoms with Crippen molar-refractivity contribution >= 4 is 22.0 Å². The van der Waals surface area contributed by atoms with Crippen LogP contribution in [0.3, 0.4) is 0 Å². The van der Waals surface area contributed by atoms with Gasteiger partial charge in [-0.1, -0.05) is 185 Å². The maximum atomic E-state index is 6.10. The average Bonchev–Trinajstić information content (AvgIpc) is 3.91. The molecule has 0 amide bonds. The molecule has 10 rings (SSSR count). The Morgan fingerprint density at radius 2 is 1.25 bits per heavy atom. The molecule has 0 saturated carbocycles. The summed E-state index contributed by atoms with van der Waals surface area (Å²) in [6, 6.07) is 66.2. The fraction of sp³-hybridized carbons (Fsp3) is 0.138. The van der Waals surface area contributed by atoms with Gasteiger partial charge in [0, 0.05) is 49.3 Å². The third-order valence-electron chi connectivity index (χ3n) is 11.2. The summed E-state index contributed by atoms with van der Waals surface area (Å²) in [6.07, 6.45) is 6.38. The van der Waals surface area contributed by atoms with E-state index >= 15 is 0 Å². The van der Waals surface area contributed by atoms with Gasteiger partial charge in [0.15, 0.2) is 0 Å². The molecule has 0 spiro atoms. The van der Waals surface area contributed by atoms with E-state index in [-0.39, 0.29) is 25.5 Å². The second-order valence-electron chi connectivity index (χ2n) is 17.2. The van der Waals surface area contributed by atoms with Crippen LogP contribution < -0.4 is 0 Å². The summed E-state index contributed by atoms with van der Waals surface area (Å²) < 4.78 is 8.39. The predicted molar refractivity (Wildman–Crippen MR) is 257 cm³/mol. The van der Waals surface area contributed by atoms with E-state index in [1.807, 2.05) is 36.5 Å². The molecule has 0 atom stereocenters. The van der Waals surface area contributed by atoms with E-state index in [1.54, 1.807) is 0 Å². The summed E-state index contributed by atoms with van der Waals surface area (Å²) in [7, 11) is 0. The van der Waals surface area contributed by atoms with Gasteiger partial charge in [-0.3, -0.25) is 4.98 Å². The van der Waals surface area contributed by atoms with Crippen molar-refractivity contribution in [2.45, 2.75) is 46.5 Å². The minimum absolute atomic E-state index is 0. The smallest absolute Gasteiger partial charge is 0.0774 e. The van der Waals surface area contributed by atoms with E-state index in [1.165, 1.54) is 11.1 Å². The van der Waals surface area contributed by atoms with Crippen LogP contribution in [0.5, 0.6) is 0 Å². The van der Waals surface area contributed by atoms with Gasteiger partial charge < -0.3 is 14.0 Å². The zero-order valence-electron chi connectivity index (χ0n) is 36.3. The van der Waals surface area contributed by atoms with Gasteiger partial charge in [0.2, 0.25) is 0 Å². The normalized spacial score (nSPS) is 11.3. The maximum Gasteiger partial charge on any atom is 0.0774 e. The zero-order valence-corrected chi connectivity index (χ0v) is 38.7. The van der Waals surface area contributed by atoms with Crippen LogP contribution in [0, 0.1) is 18.2 Å². The van der Waals surface area contributed by atoms with Gasteiger partial charge in [0.1, 0.15) is 0 Å². The number of aromatic nitrogens is 3. The van der Waals surface area contributed by atoms with E-state index in [2.05, 4.69) is 208 Å². The number of hydrogen-bond donors (Lipinski definition) is 0. The Kier molecular flexibility index (Phi) is 12.8. The molecule has 4 nitrogen and oxygen atoms in total. The third-order valence-corrected chi connectivity index (χ3v) is 11.2. The number of fused-ring (bicyclic) bond motifs is 2. The SMILES string of the molecule is CC(C)Cc1cc(-c2[c-]cccc2)ncc1C(C)(C)C.[Ir].[c-]1oc2cc(-c3ccccc3)ccc2c1-c1nc2ccccc2n1-c1c(-c2ccccc2)cccc1-c1ccccc1. The predicted octanol–water partition coefficient (Wildman–Crippen LogP) is 15.3. The fourth-order valence-electron chi connectivity index (χ4n) is 8.34. The molecule has 0 bridgehead atoms. The molecular weight excluding hydrogens is 947 g/mol. The molecule has 0 N–H and O–H groups in total. The first-order valence-corrected chi connectivity index (χ1v) is 21.4. The van der Waals surface area contributed by atoms with Crippen molar-refractivity contribution in [2.75, 3.05) is 0 Å². The monoisotopic (exact) mass is 996 g/mol. The fourth-order valence-corrected chi connectivity index (χ4v) is 8.34. The van der Waals surface area contributed by atoms with E-state index in [0.717, 1.165) is 90.1 Å². The maximum absolute atomic E-state index is 6.10. The Labute approximate surface area is 384 Å². The van der Waals surface area contributed by atoms with Crippen molar-refractivity contribution in [1.29, 1.82) is 0 Å². The molecule has 1 radical (unpaired) electrons. The van der Waals surface area contributed by atoms with Crippen molar-refractivity contribution in [3.63, 3.8) is 0 Å². The molecule has 7 aromatic carbocycles. The van der Waals surface area contributed by atoms with Gasteiger partial charge in [-0.15, -0.1) is 42.0 Å². The Morgan fingerprint density at radius 3 is 1.87 bits per heavy atom. The number of hydrogen-bond acceptors (Lipinski definition) is 3. The topological polar surface area (TPSA) is 43.9 Å². The Hall–Kier alpha value is -6.65. The summed E-state index contributed by atoms with van der Waals surface area (Å²) in [4.78, 5) is 9.86. The second-order valence-corrected chi connectivity index (χ2v) is 17.2. The van der Waals surface area contributed by atoms with Crippen LogP contribution in [0.25, 0.3) is 83.7 Å². The second kappa shape index (κ2) is 18.8. The Morgan fingerprint density at radius 1 is 0.635 bits per heavy atom. The van der Waals surface area contributed by atoms with Gasteiger partial charge >= 0.3 is 0 Å². The van der Waals surface area contributed by atoms with Crippen molar-refractivity contribution < 1.29 is 24.5 Å². The third kappa shape index (κ3) is 9.13.